The standard InChI is InChI=1S/C12H17N3O10/c13-4(1-7(16)17)10(21)24-9(20)3-6(15)12(23)25-11(22)5(14)2-8(18)19/h4-6H,1-3,13-15H2,(H,16,17)(H,18,19)/t4-,5-,6-/m0/s1. The van der Waals surface area contributed by atoms with Gasteiger partial charge in [0.05, 0.1) is 19.3 Å². The summed E-state index contributed by atoms with van der Waals surface area (Å²) in [6.45, 7) is 0. The number of nitrogens with two attached hydrogens (primary N) is 3. The number of rotatable bonds is 9. The highest BCUT2D eigenvalue weighted by atomic mass is 16.6. The Kier molecular flexibility index (Phi) is 8.90. The Morgan fingerprint density at radius 2 is 0.960 bits per heavy atom. The van der Waals surface area contributed by atoms with E-state index in [1.54, 1.807) is 0 Å². The summed E-state index contributed by atoms with van der Waals surface area (Å²) < 4.78 is 8.39. The number of carboxylic acid groups (broad SMARTS) is 2. The second-order valence-corrected chi connectivity index (χ2v) is 4.75. The van der Waals surface area contributed by atoms with Gasteiger partial charge in [0.1, 0.15) is 18.1 Å². The van der Waals surface area contributed by atoms with Gasteiger partial charge in [0, 0.05) is 0 Å². The minimum absolute atomic E-state index is 0.782. The van der Waals surface area contributed by atoms with E-state index in [4.69, 9.17) is 27.4 Å². The molecule has 0 rings (SSSR count). The van der Waals surface area contributed by atoms with Crippen LogP contribution in [0.3, 0.4) is 0 Å². The molecule has 3 atom stereocenters. The highest BCUT2D eigenvalue weighted by Gasteiger charge is 2.28. The molecule has 0 radical (unpaired) electrons. The Labute approximate surface area is 140 Å². The van der Waals surface area contributed by atoms with Crippen LogP contribution in [0, 0.1) is 0 Å². The molecule has 0 unspecified atom stereocenters. The van der Waals surface area contributed by atoms with Crippen LogP contribution in [-0.2, 0) is 38.2 Å². The largest absolute Gasteiger partial charge is 0.481 e. The molecule has 0 amide bonds. The molecule has 0 aromatic rings. The number of hydrogen-bond donors (Lipinski definition) is 5. The SMILES string of the molecule is N[C@@H](CC(=O)O)C(=O)OC(=O)C[C@H](N)C(=O)OC(=O)[C@@H](N)CC(=O)O. The molecule has 25 heavy (non-hydrogen) atoms. The fourth-order valence-corrected chi connectivity index (χ4v) is 1.29. The molecule has 0 saturated heterocycles. The molecule has 0 aliphatic heterocycles. The van der Waals surface area contributed by atoms with Crippen LogP contribution in [0.2, 0.25) is 0 Å². The third-order valence-corrected chi connectivity index (χ3v) is 2.50. The van der Waals surface area contributed by atoms with E-state index >= 15 is 0 Å². The Morgan fingerprint density at radius 3 is 1.32 bits per heavy atom. The van der Waals surface area contributed by atoms with Crippen molar-refractivity contribution in [2.24, 2.45) is 17.2 Å². The van der Waals surface area contributed by atoms with Crippen LogP contribution >= 0.6 is 0 Å². The van der Waals surface area contributed by atoms with Crippen LogP contribution in [-0.4, -0.2) is 64.2 Å². The van der Waals surface area contributed by atoms with E-state index in [0.717, 1.165) is 0 Å². The predicted molar refractivity (Wildman–Crippen MR) is 75.2 cm³/mol. The quantitative estimate of drug-likeness (QED) is 0.197. The third kappa shape index (κ3) is 9.09. The first kappa shape index (κ1) is 22.1. The van der Waals surface area contributed by atoms with E-state index in [1.165, 1.54) is 0 Å². The molecule has 13 nitrogen and oxygen atoms in total. The summed E-state index contributed by atoms with van der Waals surface area (Å²) in [6, 6.07) is -4.92. The zero-order valence-electron chi connectivity index (χ0n) is 12.7. The van der Waals surface area contributed by atoms with Crippen molar-refractivity contribution in [2.75, 3.05) is 0 Å². The molecular weight excluding hydrogens is 346 g/mol. The molecule has 0 aliphatic rings. The van der Waals surface area contributed by atoms with Crippen molar-refractivity contribution < 1.29 is 48.5 Å². The van der Waals surface area contributed by atoms with Crippen molar-refractivity contribution in [3.8, 4) is 0 Å². The molecule has 8 N–H and O–H groups in total. The number of aliphatic carboxylic acids is 2. The maximum Gasteiger partial charge on any atom is 0.331 e. The fourth-order valence-electron chi connectivity index (χ4n) is 1.29. The van der Waals surface area contributed by atoms with E-state index in [0.29, 0.717) is 0 Å². The minimum atomic E-state index is -1.71. The van der Waals surface area contributed by atoms with E-state index in [-0.39, 0.29) is 0 Å². The molecule has 0 spiro atoms. The van der Waals surface area contributed by atoms with Crippen molar-refractivity contribution in [3.63, 3.8) is 0 Å². The zero-order chi connectivity index (χ0) is 19.7. The molecule has 0 aromatic carbocycles. The lowest BCUT2D eigenvalue weighted by Gasteiger charge is -2.12. The molecule has 0 aliphatic carbocycles. The number of carbonyl (C=O) groups excluding carboxylic acids is 4. The highest BCUT2D eigenvalue weighted by Crippen LogP contribution is 2.01. The van der Waals surface area contributed by atoms with Crippen LogP contribution in [0.4, 0.5) is 0 Å². The predicted octanol–water partition coefficient (Wildman–Crippen LogP) is -3.55. The minimum Gasteiger partial charge on any atom is -0.481 e. The average Bonchev–Trinajstić information content (AvgIpc) is 2.45. The Hall–Kier alpha value is -2.90. The van der Waals surface area contributed by atoms with Gasteiger partial charge in [-0.25, -0.2) is 14.4 Å². The van der Waals surface area contributed by atoms with Crippen LogP contribution in [0.5, 0.6) is 0 Å². The van der Waals surface area contributed by atoms with Gasteiger partial charge < -0.3 is 36.9 Å². The summed E-state index contributed by atoms with van der Waals surface area (Å²) in [6.07, 6.45) is -2.46. The van der Waals surface area contributed by atoms with Crippen LogP contribution < -0.4 is 17.2 Å². The molecule has 0 bridgehead atoms. The Balaban J connectivity index is 4.45. The first-order chi connectivity index (χ1) is 11.4. The zero-order valence-corrected chi connectivity index (χ0v) is 12.7. The number of carboxylic acids is 2. The first-order valence-corrected chi connectivity index (χ1v) is 6.64. The first-order valence-electron chi connectivity index (χ1n) is 6.64. The van der Waals surface area contributed by atoms with Crippen molar-refractivity contribution in [2.45, 2.75) is 37.4 Å². The number of carbonyl (C=O) groups is 6. The summed E-state index contributed by atoms with van der Waals surface area (Å²) in [5.74, 6) is -8.21. The van der Waals surface area contributed by atoms with E-state index in [2.05, 4.69) is 9.47 Å². The van der Waals surface area contributed by atoms with Gasteiger partial charge in [0.15, 0.2) is 0 Å². The molecule has 0 saturated carbocycles. The van der Waals surface area contributed by atoms with Gasteiger partial charge in [-0.3, -0.25) is 14.4 Å². The lowest BCUT2D eigenvalue weighted by atomic mass is 10.2. The molecule has 0 heterocycles. The molecule has 13 heteroatoms. The normalized spacial score (nSPS) is 13.9. The van der Waals surface area contributed by atoms with Gasteiger partial charge in [-0.2, -0.15) is 0 Å². The Bertz CT molecular complexity index is 575. The second kappa shape index (κ2) is 10.1. The van der Waals surface area contributed by atoms with E-state index in [9.17, 15) is 28.8 Å². The second-order valence-electron chi connectivity index (χ2n) is 4.75. The van der Waals surface area contributed by atoms with Gasteiger partial charge in [-0.1, -0.05) is 0 Å². The number of ether oxygens (including phenoxy) is 2. The lowest BCUT2D eigenvalue weighted by molar-refractivity contribution is -0.167. The van der Waals surface area contributed by atoms with E-state index < -0.39 is 73.2 Å². The maximum absolute atomic E-state index is 11.5. The third-order valence-electron chi connectivity index (χ3n) is 2.50. The summed E-state index contributed by atoms with van der Waals surface area (Å²) in [5, 5.41) is 16.9. The van der Waals surface area contributed by atoms with Crippen molar-refractivity contribution >= 4 is 35.8 Å². The van der Waals surface area contributed by atoms with E-state index in [1.807, 2.05) is 0 Å². The van der Waals surface area contributed by atoms with Crippen molar-refractivity contribution in [1.29, 1.82) is 0 Å². The van der Waals surface area contributed by atoms with Gasteiger partial charge in [0.2, 0.25) is 0 Å². The summed E-state index contributed by atoms with van der Waals surface area (Å²) >= 11 is 0. The highest BCUT2D eigenvalue weighted by molar-refractivity contribution is 5.95. The maximum atomic E-state index is 11.5. The van der Waals surface area contributed by atoms with Gasteiger partial charge >= 0.3 is 35.8 Å². The van der Waals surface area contributed by atoms with Crippen molar-refractivity contribution in [3.05, 3.63) is 0 Å². The summed E-state index contributed by atoms with van der Waals surface area (Å²) in [7, 11) is 0. The van der Waals surface area contributed by atoms with Gasteiger partial charge in [-0.15, -0.1) is 0 Å². The molecule has 0 aromatic heterocycles. The van der Waals surface area contributed by atoms with Crippen LogP contribution in [0.25, 0.3) is 0 Å². The molecule has 0 fully saturated rings. The van der Waals surface area contributed by atoms with Crippen LogP contribution in [0.1, 0.15) is 19.3 Å². The number of esters is 4. The van der Waals surface area contributed by atoms with Crippen molar-refractivity contribution in [1.82, 2.24) is 0 Å². The lowest BCUT2D eigenvalue weighted by Crippen LogP contribution is -2.42. The molecular formula is C12H17N3O10. The molecule has 140 valence electrons. The average molecular weight is 363 g/mol. The summed E-state index contributed by atoms with van der Waals surface area (Å²) in [4.78, 5) is 66.2. The van der Waals surface area contributed by atoms with Gasteiger partial charge in [0.25, 0.3) is 0 Å². The summed E-state index contributed by atoms with van der Waals surface area (Å²) in [5.41, 5.74) is 15.6. The van der Waals surface area contributed by atoms with Crippen LogP contribution in [0.15, 0.2) is 0 Å². The Morgan fingerprint density at radius 1 is 0.640 bits per heavy atom. The van der Waals surface area contributed by atoms with Gasteiger partial charge in [-0.05, 0) is 0 Å². The number of hydrogen-bond acceptors (Lipinski definition) is 11. The fraction of sp³-hybridized carbons (Fsp3) is 0.500. The monoisotopic (exact) mass is 363 g/mol. The smallest absolute Gasteiger partial charge is 0.331 e. The topological polar surface area (TPSA) is 239 Å².